The molecule has 0 aliphatic rings. The van der Waals surface area contributed by atoms with Crippen molar-refractivity contribution in [2.75, 3.05) is 5.32 Å². The molecular weight excluding hydrogens is 378 g/mol. The van der Waals surface area contributed by atoms with E-state index in [1.807, 2.05) is 36.4 Å². The maximum atomic E-state index is 12.4. The number of hydrogen-bond donors (Lipinski definition) is 3. The highest BCUT2D eigenvalue weighted by atomic mass is 35.5. The first-order valence-corrected chi connectivity index (χ1v) is 8.95. The molecule has 0 fully saturated rings. The molecule has 3 N–H and O–H groups in total. The number of fused-ring (bicyclic) bond motifs is 1. The summed E-state index contributed by atoms with van der Waals surface area (Å²) >= 11 is 5.90. The van der Waals surface area contributed by atoms with Crippen LogP contribution in [0.4, 0.5) is 11.4 Å². The first kappa shape index (κ1) is 17.9. The normalized spacial score (nSPS) is 10.9. The smallest absolute Gasteiger partial charge is 0.337 e. The zero-order valence-electron chi connectivity index (χ0n) is 14.6. The van der Waals surface area contributed by atoms with Crippen molar-refractivity contribution in [3.8, 4) is 0 Å². The number of aromatic nitrogens is 2. The summed E-state index contributed by atoms with van der Waals surface area (Å²) in [7, 11) is 0. The van der Waals surface area contributed by atoms with Gasteiger partial charge in [-0.15, -0.1) is 0 Å². The molecule has 28 heavy (non-hydrogen) atoms. The number of nitrogens with zero attached hydrogens (tertiary/aromatic N) is 1. The summed E-state index contributed by atoms with van der Waals surface area (Å²) in [4.78, 5) is 26.7. The van der Waals surface area contributed by atoms with Crippen LogP contribution in [0.15, 0.2) is 71.5 Å². The van der Waals surface area contributed by atoms with Gasteiger partial charge in [0.15, 0.2) is 0 Å². The summed E-state index contributed by atoms with van der Waals surface area (Å²) in [6.07, 6.45) is 0. The summed E-state index contributed by atoms with van der Waals surface area (Å²) < 4.78 is 1.67. The Hall–Kier alpha value is -3.51. The van der Waals surface area contributed by atoms with Crippen molar-refractivity contribution >= 4 is 40.0 Å². The van der Waals surface area contributed by atoms with E-state index in [4.69, 9.17) is 11.6 Å². The van der Waals surface area contributed by atoms with E-state index < -0.39 is 5.97 Å². The average molecular weight is 394 g/mol. The highest BCUT2D eigenvalue weighted by Crippen LogP contribution is 2.26. The molecule has 0 saturated heterocycles. The number of hydrogen-bond acceptors (Lipinski definition) is 3. The molecule has 0 aliphatic carbocycles. The second-order valence-corrected chi connectivity index (χ2v) is 6.79. The van der Waals surface area contributed by atoms with Crippen LogP contribution in [0.5, 0.6) is 0 Å². The Morgan fingerprint density at radius 1 is 1.07 bits per heavy atom. The first-order chi connectivity index (χ1) is 13.5. The Balaban J connectivity index is 1.68. The molecule has 0 amide bonds. The van der Waals surface area contributed by atoms with Gasteiger partial charge < -0.3 is 15.4 Å². The number of aromatic carboxylic acids is 1. The molecule has 4 rings (SSSR count). The van der Waals surface area contributed by atoms with Gasteiger partial charge in [-0.1, -0.05) is 41.9 Å². The van der Waals surface area contributed by atoms with Gasteiger partial charge >= 0.3 is 11.7 Å². The molecule has 7 heteroatoms. The van der Waals surface area contributed by atoms with Gasteiger partial charge in [-0.25, -0.2) is 9.59 Å². The number of carboxylic acid groups (broad SMARTS) is 1. The standard InChI is InChI=1S/C21H16ClN3O3/c22-14-6-8-17(16(10-14)20(26)27)23-15-7-9-19-18(11-15)24-21(28)25(19)12-13-4-2-1-3-5-13/h1-11,23H,12H2,(H,24,28)(H,26,27). The van der Waals surface area contributed by atoms with Gasteiger partial charge in [-0.3, -0.25) is 4.57 Å². The molecule has 4 aromatic rings. The van der Waals surface area contributed by atoms with Crippen molar-refractivity contribution in [1.82, 2.24) is 9.55 Å². The van der Waals surface area contributed by atoms with Crippen molar-refractivity contribution in [3.05, 3.63) is 93.4 Å². The fourth-order valence-corrected chi connectivity index (χ4v) is 3.29. The molecule has 0 unspecified atom stereocenters. The van der Waals surface area contributed by atoms with Crippen molar-refractivity contribution in [2.45, 2.75) is 6.54 Å². The number of benzene rings is 3. The van der Waals surface area contributed by atoms with Crippen LogP contribution in [0.1, 0.15) is 15.9 Å². The van der Waals surface area contributed by atoms with Crippen LogP contribution in [-0.4, -0.2) is 20.6 Å². The molecule has 0 bridgehead atoms. The van der Waals surface area contributed by atoms with Crippen LogP contribution in [0.25, 0.3) is 11.0 Å². The predicted octanol–water partition coefficient (Wildman–Crippen LogP) is 4.47. The van der Waals surface area contributed by atoms with Gasteiger partial charge in [0.05, 0.1) is 28.8 Å². The Bertz CT molecular complexity index is 1230. The first-order valence-electron chi connectivity index (χ1n) is 8.57. The number of rotatable bonds is 5. The topological polar surface area (TPSA) is 87.1 Å². The van der Waals surface area contributed by atoms with Crippen molar-refractivity contribution in [3.63, 3.8) is 0 Å². The van der Waals surface area contributed by atoms with Gasteiger partial charge in [0.25, 0.3) is 0 Å². The van der Waals surface area contributed by atoms with Crippen molar-refractivity contribution in [1.29, 1.82) is 0 Å². The molecule has 0 radical (unpaired) electrons. The van der Waals surface area contributed by atoms with E-state index in [0.29, 0.717) is 28.5 Å². The molecule has 3 aromatic carbocycles. The van der Waals surface area contributed by atoms with E-state index in [1.165, 1.54) is 6.07 Å². The van der Waals surface area contributed by atoms with Gasteiger partial charge in [0, 0.05) is 10.7 Å². The fourth-order valence-electron chi connectivity index (χ4n) is 3.12. The fraction of sp³-hybridized carbons (Fsp3) is 0.0476. The van der Waals surface area contributed by atoms with Gasteiger partial charge in [0.1, 0.15) is 0 Å². The highest BCUT2D eigenvalue weighted by Gasteiger charge is 2.12. The third-order valence-electron chi connectivity index (χ3n) is 4.45. The SMILES string of the molecule is O=C(O)c1cc(Cl)ccc1Nc1ccc2c(c1)[nH]c(=O)n2Cc1ccccc1. The van der Waals surface area contributed by atoms with Crippen molar-refractivity contribution < 1.29 is 9.90 Å². The van der Waals surface area contributed by atoms with Crippen LogP contribution < -0.4 is 11.0 Å². The lowest BCUT2D eigenvalue weighted by atomic mass is 10.1. The maximum Gasteiger partial charge on any atom is 0.337 e. The third kappa shape index (κ3) is 3.50. The predicted molar refractivity (Wildman–Crippen MR) is 110 cm³/mol. The summed E-state index contributed by atoms with van der Waals surface area (Å²) in [6.45, 7) is 0.465. The van der Waals surface area contributed by atoms with E-state index in [1.54, 1.807) is 28.8 Å². The quantitative estimate of drug-likeness (QED) is 0.466. The summed E-state index contributed by atoms with van der Waals surface area (Å²) in [5.74, 6) is -1.08. The summed E-state index contributed by atoms with van der Waals surface area (Å²) in [5.41, 5.74) is 3.41. The Labute approximate surface area is 165 Å². The van der Waals surface area contributed by atoms with Gasteiger partial charge in [-0.2, -0.15) is 0 Å². The van der Waals surface area contributed by atoms with Crippen LogP contribution in [0.2, 0.25) is 5.02 Å². The number of carbonyl (C=O) groups is 1. The molecule has 1 heterocycles. The minimum absolute atomic E-state index is 0.0720. The lowest BCUT2D eigenvalue weighted by molar-refractivity contribution is 0.0698. The average Bonchev–Trinajstić information content (AvgIpc) is 2.98. The zero-order chi connectivity index (χ0) is 19.7. The molecule has 0 spiro atoms. The summed E-state index contributed by atoms with van der Waals surface area (Å²) in [6, 6.07) is 19.8. The van der Waals surface area contributed by atoms with Crippen LogP contribution in [-0.2, 0) is 6.54 Å². The number of imidazole rings is 1. The minimum Gasteiger partial charge on any atom is -0.478 e. The Kier molecular flexibility index (Phi) is 4.63. The Morgan fingerprint density at radius 3 is 2.61 bits per heavy atom. The third-order valence-corrected chi connectivity index (χ3v) is 4.68. The van der Waals surface area contributed by atoms with Crippen LogP contribution in [0, 0.1) is 0 Å². The van der Waals surface area contributed by atoms with Gasteiger partial charge in [-0.05, 0) is 42.0 Å². The molecular formula is C21H16ClN3O3. The van der Waals surface area contributed by atoms with Gasteiger partial charge in [0.2, 0.25) is 0 Å². The summed E-state index contributed by atoms with van der Waals surface area (Å²) in [5, 5.41) is 12.8. The van der Waals surface area contributed by atoms with Crippen molar-refractivity contribution in [2.24, 2.45) is 0 Å². The second-order valence-electron chi connectivity index (χ2n) is 6.35. The molecule has 1 aromatic heterocycles. The zero-order valence-corrected chi connectivity index (χ0v) is 15.4. The molecule has 6 nitrogen and oxygen atoms in total. The van der Waals surface area contributed by atoms with E-state index >= 15 is 0 Å². The second kappa shape index (κ2) is 7.25. The van der Waals surface area contributed by atoms with Crippen LogP contribution in [0.3, 0.4) is 0 Å². The van der Waals surface area contributed by atoms with E-state index in [-0.39, 0.29) is 11.3 Å². The van der Waals surface area contributed by atoms with E-state index in [9.17, 15) is 14.7 Å². The molecule has 0 aliphatic heterocycles. The number of nitrogens with one attached hydrogen (secondary N) is 2. The molecule has 0 atom stereocenters. The maximum absolute atomic E-state index is 12.4. The Morgan fingerprint density at radius 2 is 1.86 bits per heavy atom. The largest absolute Gasteiger partial charge is 0.478 e. The molecule has 140 valence electrons. The molecule has 0 saturated carbocycles. The number of aromatic amines is 1. The highest BCUT2D eigenvalue weighted by molar-refractivity contribution is 6.31. The minimum atomic E-state index is -1.08. The van der Waals surface area contributed by atoms with Crippen LogP contribution >= 0.6 is 11.6 Å². The number of H-pyrrole nitrogens is 1. The number of carboxylic acids is 1. The lowest BCUT2D eigenvalue weighted by Gasteiger charge is -2.10. The number of anilines is 2. The van der Waals surface area contributed by atoms with E-state index in [2.05, 4.69) is 10.3 Å². The lowest BCUT2D eigenvalue weighted by Crippen LogP contribution is -2.17. The number of halogens is 1. The van der Waals surface area contributed by atoms with E-state index in [0.717, 1.165) is 11.1 Å². The monoisotopic (exact) mass is 393 g/mol.